The Morgan fingerprint density at radius 3 is 2.64 bits per heavy atom. The predicted octanol–water partition coefficient (Wildman–Crippen LogP) is 1.80. The smallest absolute Gasteiger partial charge is 0.404 e. The van der Waals surface area contributed by atoms with Crippen LogP contribution in [0.15, 0.2) is 30.0 Å². The molecule has 1 heterocycles. The number of primary amides is 1. The Labute approximate surface area is 146 Å². The van der Waals surface area contributed by atoms with Gasteiger partial charge in [0.05, 0.1) is 6.10 Å². The number of nitrogens with two attached hydrogens (primary N) is 1. The zero-order valence-electron chi connectivity index (χ0n) is 14.6. The molecule has 0 bridgehead atoms. The number of nitrogens with zero attached hydrogens (tertiary/aromatic N) is 1. The van der Waals surface area contributed by atoms with E-state index in [-0.39, 0.29) is 24.3 Å². The van der Waals surface area contributed by atoms with Gasteiger partial charge in [-0.05, 0) is 36.1 Å². The van der Waals surface area contributed by atoms with Crippen molar-refractivity contribution in [2.24, 2.45) is 11.7 Å². The number of hydrogen-bond acceptors (Lipinski definition) is 5. The lowest BCUT2D eigenvalue weighted by molar-refractivity contribution is -0.134. The first-order valence-corrected chi connectivity index (χ1v) is 8.11. The molecule has 1 aromatic carbocycles. The summed E-state index contributed by atoms with van der Waals surface area (Å²) < 4.78 is 4.79. The van der Waals surface area contributed by atoms with Crippen molar-refractivity contribution < 1.29 is 24.5 Å². The first kappa shape index (κ1) is 18.8. The average Bonchev–Trinajstić information content (AvgIpc) is 2.90. The van der Waals surface area contributed by atoms with Crippen molar-refractivity contribution >= 4 is 17.6 Å². The molecular formula is C18H24N2O5. The molecule has 0 aliphatic carbocycles. The first-order chi connectivity index (χ1) is 11.7. The summed E-state index contributed by atoms with van der Waals surface area (Å²) in [6.45, 7) is 3.65. The zero-order chi connectivity index (χ0) is 18.7. The molecule has 1 aliphatic heterocycles. The second-order valence-corrected chi connectivity index (χ2v) is 6.42. The molecule has 3 unspecified atom stereocenters. The van der Waals surface area contributed by atoms with E-state index in [0.717, 1.165) is 11.1 Å². The Balaban J connectivity index is 2.36. The third-order valence-corrected chi connectivity index (χ3v) is 4.78. The van der Waals surface area contributed by atoms with E-state index in [1.54, 1.807) is 37.1 Å². The average molecular weight is 348 g/mol. The number of aliphatic carboxylic acids is 1. The van der Waals surface area contributed by atoms with Crippen molar-refractivity contribution in [3.8, 4) is 0 Å². The summed E-state index contributed by atoms with van der Waals surface area (Å²) in [5.41, 5.74) is 7.40. The van der Waals surface area contributed by atoms with Crippen LogP contribution in [0.25, 0.3) is 5.57 Å². The summed E-state index contributed by atoms with van der Waals surface area (Å²) in [6, 6.07) is 7.08. The van der Waals surface area contributed by atoms with Gasteiger partial charge >= 0.3 is 12.1 Å². The lowest BCUT2D eigenvalue weighted by Crippen LogP contribution is -2.38. The van der Waals surface area contributed by atoms with Crippen molar-refractivity contribution in [3.63, 3.8) is 0 Å². The number of aliphatic hydroxyl groups is 1. The van der Waals surface area contributed by atoms with Crippen LogP contribution in [0, 0.1) is 5.92 Å². The molecule has 1 amide bonds. The van der Waals surface area contributed by atoms with Crippen molar-refractivity contribution in [3.05, 3.63) is 41.1 Å². The molecule has 0 spiro atoms. The van der Waals surface area contributed by atoms with E-state index in [2.05, 4.69) is 0 Å². The molecule has 7 heteroatoms. The molecule has 7 nitrogen and oxygen atoms in total. The molecule has 0 radical (unpaired) electrons. The molecule has 25 heavy (non-hydrogen) atoms. The fourth-order valence-electron chi connectivity index (χ4n) is 3.22. The number of carboxylic acids is 1. The molecule has 0 fully saturated rings. The number of aliphatic hydroxyl groups excluding tert-OH is 1. The Morgan fingerprint density at radius 1 is 1.40 bits per heavy atom. The van der Waals surface area contributed by atoms with Crippen LogP contribution in [0.2, 0.25) is 0 Å². The highest BCUT2D eigenvalue weighted by Crippen LogP contribution is 2.38. The van der Waals surface area contributed by atoms with E-state index >= 15 is 0 Å². The van der Waals surface area contributed by atoms with Gasteiger partial charge in [0.2, 0.25) is 0 Å². The minimum Gasteiger partial charge on any atom is -0.477 e. The number of carboxylic acid groups (broad SMARTS) is 1. The maximum absolute atomic E-state index is 11.8. The molecule has 1 aromatic rings. The number of carbonyl (C=O) groups is 2. The summed E-state index contributed by atoms with van der Waals surface area (Å²) in [5.74, 6) is -1.09. The summed E-state index contributed by atoms with van der Waals surface area (Å²) in [4.78, 5) is 24.3. The highest BCUT2D eigenvalue weighted by atomic mass is 16.5. The van der Waals surface area contributed by atoms with Gasteiger partial charge in [0.1, 0.15) is 12.3 Å². The third kappa shape index (κ3) is 4.11. The molecule has 136 valence electrons. The lowest BCUT2D eigenvalue weighted by atomic mass is 9.91. The summed E-state index contributed by atoms with van der Waals surface area (Å²) in [5, 5.41) is 19.5. The van der Waals surface area contributed by atoms with Gasteiger partial charge in [-0.15, -0.1) is 0 Å². The number of ether oxygens (including phenoxy) is 1. The van der Waals surface area contributed by atoms with Gasteiger partial charge in [-0.3, -0.25) is 0 Å². The predicted molar refractivity (Wildman–Crippen MR) is 92.4 cm³/mol. The fourth-order valence-corrected chi connectivity index (χ4v) is 3.22. The molecule has 4 N–H and O–H groups in total. The molecule has 0 saturated heterocycles. The Morgan fingerprint density at radius 2 is 2.08 bits per heavy atom. The topological polar surface area (TPSA) is 113 Å². The monoisotopic (exact) mass is 348 g/mol. The van der Waals surface area contributed by atoms with Crippen LogP contribution in [0.4, 0.5) is 4.79 Å². The summed E-state index contributed by atoms with van der Waals surface area (Å²) >= 11 is 0. The van der Waals surface area contributed by atoms with E-state index in [9.17, 15) is 19.8 Å². The Hall–Kier alpha value is -2.54. The largest absolute Gasteiger partial charge is 0.477 e. The van der Waals surface area contributed by atoms with E-state index in [4.69, 9.17) is 10.5 Å². The lowest BCUT2D eigenvalue weighted by Gasteiger charge is -2.30. The van der Waals surface area contributed by atoms with E-state index < -0.39 is 18.2 Å². The SMILES string of the molecule is CC(O)C(C)C1CC(c2cccc(COC(N)=O)c2)=C(C(=O)O)N1C. The Bertz CT molecular complexity index is 698. The molecule has 0 aromatic heterocycles. The van der Waals surface area contributed by atoms with Crippen LogP contribution in [-0.4, -0.2) is 46.4 Å². The molecule has 1 aliphatic rings. The maximum atomic E-state index is 11.8. The minimum atomic E-state index is -1.00. The standard InChI is InChI=1S/C18H24N2O5/c1-10(11(2)21)15-8-14(16(17(22)23)20(15)3)13-6-4-5-12(7-13)9-25-18(19)24/h4-7,10-11,15,21H,8-9H2,1-3H3,(H2,19,24)(H,22,23). The van der Waals surface area contributed by atoms with Crippen molar-refractivity contribution in [2.45, 2.75) is 39.0 Å². The van der Waals surface area contributed by atoms with Gasteiger partial charge in [-0.2, -0.15) is 0 Å². The number of carbonyl (C=O) groups excluding carboxylic acids is 1. The van der Waals surface area contributed by atoms with Gasteiger partial charge in [-0.25, -0.2) is 9.59 Å². The quantitative estimate of drug-likeness (QED) is 0.722. The molecule has 2 rings (SSSR count). The second-order valence-electron chi connectivity index (χ2n) is 6.42. The molecular weight excluding hydrogens is 324 g/mol. The van der Waals surface area contributed by atoms with Gasteiger partial charge in [0.25, 0.3) is 0 Å². The molecule has 3 atom stereocenters. The minimum absolute atomic E-state index is 0.0300. The first-order valence-electron chi connectivity index (χ1n) is 8.11. The maximum Gasteiger partial charge on any atom is 0.404 e. The number of rotatable bonds is 6. The zero-order valence-corrected chi connectivity index (χ0v) is 14.6. The van der Waals surface area contributed by atoms with Gasteiger partial charge in [-0.1, -0.05) is 25.1 Å². The summed E-state index contributed by atoms with van der Waals surface area (Å²) in [7, 11) is 1.74. The van der Waals surface area contributed by atoms with Crippen LogP contribution in [-0.2, 0) is 16.1 Å². The number of likely N-dealkylation sites (N-methyl/N-ethyl adjacent to an activating group) is 1. The van der Waals surface area contributed by atoms with Crippen molar-refractivity contribution in [1.29, 1.82) is 0 Å². The van der Waals surface area contributed by atoms with Crippen LogP contribution in [0.5, 0.6) is 0 Å². The normalized spacial score (nSPS) is 19.7. The fraction of sp³-hybridized carbons (Fsp3) is 0.444. The van der Waals surface area contributed by atoms with Gasteiger partial charge in [0, 0.05) is 19.0 Å². The van der Waals surface area contributed by atoms with Crippen molar-refractivity contribution in [2.75, 3.05) is 7.05 Å². The third-order valence-electron chi connectivity index (χ3n) is 4.78. The highest BCUT2D eigenvalue weighted by molar-refractivity contribution is 5.97. The summed E-state index contributed by atoms with van der Waals surface area (Å²) in [6.07, 6.45) is -0.885. The van der Waals surface area contributed by atoms with Crippen LogP contribution in [0.1, 0.15) is 31.4 Å². The number of hydrogen-bond donors (Lipinski definition) is 3. The van der Waals surface area contributed by atoms with Gasteiger partial charge in [0.15, 0.2) is 0 Å². The van der Waals surface area contributed by atoms with E-state index in [1.807, 2.05) is 13.0 Å². The second kappa shape index (κ2) is 7.57. The molecule has 0 saturated carbocycles. The van der Waals surface area contributed by atoms with E-state index in [0.29, 0.717) is 12.0 Å². The highest BCUT2D eigenvalue weighted by Gasteiger charge is 2.37. The van der Waals surface area contributed by atoms with Crippen LogP contribution in [0.3, 0.4) is 0 Å². The number of amides is 1. The number of benzene rings is 1. The van der Waals surface area contributed by atoms with E-state index in [1.165, 1.54) is 0 Å². The van der Waals surface area contributed by atoms with Crippen LogP contribution < -0.4 is 5.73 Å². The van der Waals surface area contributed by atoms with Crippen molar-refractivity contribution in [1.82, 2.24) is 4.90 Å². The van der Waals surface area contributed by atoms with Crippen LogP contribution >= 0.6 is 0 Å². The van der Waals surface area contributed by atoms with Gasteiger partial charge < -0.3 is 25.6 Å². The Kier molecular flexibility index (Phi) is 5.69.